The van der Waals surface area contributed by atoms with Crippen LogP contribution in [-0.4, -0.2) is 53.7 Å². The lowest BCUT2D eigenvalue weighted by Crippen LogP contribution is -2.50. The second-order valence-electron chi connectivity index (χ2n) is 8.79. The van der Waals surface area contributed by atoms with Gasteiger partial charge in [-0.2, -0.15) is 0 Å². The van der Waals surface area contributed by atoms with Gasteiger partial charge in [-0.15, -0.1) is 11.3 Å². The predicted molar refractivity (Wildman–Crippen MR) is 114 cm³/mol. The number of carbonyl (C=O) groups is 1. The Morgan fingerprint density at radius 3 is 2.68 bits per heavy atom. The van der Waals surface area contributed by atoms with Crippen LogP contribution in [0.3, 0.4) is 0 Å². The number of hydrogen-bond donors (Lipinski definition) is 1. The molecule has 2 aliphatic carbocycles. The molecule has 1 aliphatic heterocycles. The minimum Gasteiger partial charge on any atom is -0.490 e. The Hall–Kier alpha value is -1.84. The summed E-state index contributed by atoms with van der Waals surface area (Å²) in [6.07, 6.45) is 4.28. The third kappa shape index (κ3) is 4.27. The number of halogens is 2. The Kier molecular flexibility index (Phi) is 5.83. The standard InChI is InChI=1S/C22H27F2N3O3S/c23-17-10-27(11-18(24)30-17)13-2-4-14(5-3-13)29-15-7-8-26-22-21(15)20-12(9-19(25)28)1-6-16(20)31-22/h7-8,12-14,17-18H,1-6,9-11H2,(H2,25,28)/t12-,13?,14?,17+,18+/m1/s1. The van der Waals surface area contributed by atoms with Gasteiger partial charge in [0.05, 0.1) is 24.6 Å². The minimum absolute atomic E-state index is 0.0526. The summed E-state index contributed by atoms with van der Waals surface area (Å²) in [5, 5.41) is 1.03. The number of pyridine rings is 1. The smallest absolute Gasteiger partial charge is 0.218 e. The second kappa shape index (κ2) is 8.60. The first-order chi connectivity index (χ1) is 15.0. The van der Waals surface area contributed by atoms with E-state index in [2.05, 4.69) is 9.72 Å². The highest BCUT2D eigenvalue weighted by atomic mass is 32.1. The van der Waals surface area contributed by atoms with E-state index in [1.54, 1.807) is 17.5 Å². The van der Waals surface area contributed by atoms with E-state index in [1.165, 1.54) is 10.4 Å². The van der Waals surface area contributed by atoms with Crippen molar-refractivity contribution in [1.29, 1.82) is 0 Å². The number of primary amides is 1. The van der Waals surface area contributed by atoms with Crippen molar-refractivity contribution in [2.75, 3.05) is 13.1 Å². The Bertz CT molecular complexity index is 953. The molecule has 0 unspecified atom stereocenters. The van der Waals surface area contributed by atoms with E-state index in [1.807, 2.05) is 11.0 Å². The lowest BCUT2D eigenvalue weighted by atomic mass is 9.91. The van der Waals surface area contributed by atoms with E-state index in [9.17, 15) is 13.6 Å². The molecule has 168 valence electrons. The lowest BCUT2D eigenvalue weighted by molar-refractivity contribution is -0.197. The van der Waals surface area contributed by atoms with Gasteiger partial charge in [-0.25, -0.2) is 13.8 Å². The van der Waals surface area contributed by atoms with Crippen LogP contribution in [0, 0.1) is 0 Å². The van der Waals surface area contributed by atoms with Crippen LogP contribution in [0.25, 0.3) is 10.2 Å². The molecule has 9 heteroatoms. The monoisotopic (exact) mass is 451 g/mol. The average Bonchev–Trinajstić information content (AvgIpc) is 3.27. The molecule has 0 radical (unpaired) electrons. The summed E-state index contributed by atoms with van der Waals surface area (Å²) in [5.41, 5.74) is 6.67. The van der Waals surface area contributed by atoms with Gasteiger partial charge in [0.25, 0.3) is 0 Å². The number of amides is 1. The van der Waals surface area contributed by atoms with Gasteiger partial charge in [0.15, 0.2) is 0 Å². The number of ether oxygens (including phenoxy) is 2. The molecule has 1 saturated carbocycles. The highest BCUT2D eigenvalue weighted by molar-refractivity contribution is 7.19. The first-order valence-electron chi connectivity index (χ1n) is 11.0. The number of thiophene rings is 1. The molecule has 0 spiro atoms. The topological polar surface area (TPSA) is 77.7 Å². The molecular weight excluding hydrogens is 424 g/mol. The van der Waals surface area contributed by atoms with Crippen molar-refractivity contribution in [1.82, 2.24) is 9.88 Å². The molecule has 1 amide bonds. The predicted octanol–water partition coefficient (Wildman–Crippen LogP) is 3.81. The Balaban J connectivity index is 1.29. The van der Waals surface area contributed by atoms with Crippen molar-refractivity contribution in [3.63, 3.8) is 0 Å². The molecule has 2 aromatic heterocycles. The maximum atomic E-state index is 13.6. The number of nitrogens with zero attached hydrogens (tertiary/aromatic N) is 2. The van der Waals surface area contributed by atoms with Gasteiger partial charge in [-0.3, -0.25) is 9.69 Å². The van der Waals surface area contributed by atoms with E-state index in [0.29, 0.717) is 6.42 Å². The van der Waals surface area contributed by atoms with Crippen LogP contribution < -0.4 is 10.5 Å². The van der Waals surface area contributed by atoms with Gasteiger partial charge in [-0.05, 0) is 56.1 Å². The normalized spacial score (nSPS) is 31.6. The minimum atomic E-state index is -1.56. The number of fused-ring (bicyclic) bond motifs is 3. The fourth-order valence-corrected chi connectivity index (χ4v) is 6.63. The Morgan fingerprint density at radius 1 is 1.23 bits per heavy atom. The molecule has 3 heterocycles. The molecule has 2 aromatic rings. The van der Waals surface area contributed by atoms with Crippen molar-refractivity contribution in [2.24, 2.45) is 5.73 Å². The molecule has 0 bridgehead atoms. The molecule has 1 saturated heterocycles. The molecule has 2 N–H and O–H groups in total. The molecule has 3 aliphatic rings. The molecule has 31 heavy (non-hydrogen) atoms. The van der Waals surface area contributed by atoms with E-state index in [-0.39, 0.29) is 37.1 Å². The van der Waals surface area contributed by atoms with Crippen LogP contribution in [0.4, 0.5) is 8.78 Å². The van der Waals surface area contributed by atoms with Crippen LogP contribution in [0.1, 0.15) is 54.9 Å². The zero-order valence-electron chi connectivity index (χ0n) is 17.3. The van der Waals surface area contributed by atoms with Crippen LogP contribution in [0.5, 0.6) is 5.75 Å². The summed E-state index contributed by atoms with van der Waals surface area (Å²) in [4.78, 5) is 20.2. The zero-order valence-corrected chi connectivity index (χ0v) is 18.1. The number of hydrogen-bond acceptors (Lipinski definition) is 6. The van der Waals surface area contributed by atoms with Gasteiger partial charge < -0.3 is 15.2 Å². The number of rotatable bonds is 5. The highest BCUT2D eigenvalue weighted by Crippen LogP contribution is 2.48. The largest absolute Gasteiger partial charge is 0.490 e. The number of nitrogens with two attached hydrogens (primary N) is 1. The fourth-order valence-electron chi connectivity index (χ4n) is 5.37. The van der Waals surface area contributed by atoms with Crippen molar-refractivity contribution >= 4 is 27.5 Å². The summed E-state index contributed by atoms with van der Waals surface area (Å²) >= 11 is 1.68. The van der Waals surface area contributed by atoms with Crippen molar-refractivity contribution in [3.8, 4) is 5.75 Å². The third-order valence-electron chi connectivity index (χ3n) is 6.75. The van der Waals surface area contributed by atoms with Gasteiger partial charge in [0.1, 0.15) is 10.6 Å². The molecule has 2 fully saturated rings. The highest BCUT2D eigenvalue weighted by Gasteiger charge is 2.35. The summed E-state index contributed by atoms with van der Waals surface area (Å²) in [6, 6.07) is 2.06. The van der Waals surface area contributed by atoms with E-state index in [4.69, 9.17) is 10.5 Å². The lowest BCUT2D eigenvalue weighted by Gasteiger charge is -2.40. The summed E-state index contributed by atoms with van der Waals surface area (Å²) in [6.45, 7) is 0.258. The number of aromatic nitrogens is 1. The Labute approximate surface area is 183 Å². The van der Waals surface area contributed by atoms with Crippen molar-refractivity contribution in [2.45, 2.75) is 75.7 Å². The molecular formula is C22H27F2N3O3S. The molecule has 3 atom stereocenters. The number of morpholine rings is 1. The van der Waals surface area contributed by atoms with Crippen LogP contribution in [0.15, 0.2) is 12.3 Å². The van der Waals surface area contributed by atoms with Crippen molar-refractivity contribution in [3.05, 3.63) is 22.7 Å². The zero-order chi connectivity index (χ0) is 21.5. The molecule has 0 aromatic carbocycles. The summed E-state index contributed by atoms with van der Waals surface area (Å²) in [5.74, 6) is 0.671. The van der Waals surface area contributed by atoms with Crippen LogP contribution in [-0.2, 0) is 16.0 Å². The average molecular weight is 452 g/mol. The number of alkyl halides is 2. The van der Waals surface area contributed by atoms with E-state index in [0.717, 1.165) is 54.5 Å². The van der Waals surface area contributed by atoms with Gasteiger partial charge in [0.2, 0.25) is 18.6 Å². The third-order valence-corrected chi connectivity index (χ3v) is 7.92. The number of aryl methyl sites for hydroxylation is 1. The van der Waals surface area contributed by atoms with Crippen LogP contribution in [0.2, 0.25) is 0 Å². The molecule has 6 nitrogen and oxygen atoms in total. The maximum absolute atomic E-state index is 13.6. The van der Waals surface area contributed by atoms with E-state index < -0.39 is 12.7 Å². The van der Waals surface area contributed by atoms with Crippen LogP contribution >= 0.6 is 11.3 Å². The van der Waals surface area contributed by atoms with E-state index >= 15 is 0 Å². The second-order valence-corrected chi connectivity index (χ2v) is 9.88. The van der Waals surface area contributed by atoms with Crippen molar-refractivity contribution < 1.29 is 23.0 Å². The quantitative estimate of drug-likeness (QED) is 0.748. The molecule has 5 rings (SSSR count). The number of carbonyl (C=O) groups excluding carboxylic acids is 1. The van der Waals surface area contributed by atoms with Gasteiger partial charge >= 0.3 is 0 Å². The first kappa shape index (κ1) is 21.0. The van der Waals surface area contributed by atoms with Gasteiger partial charge in [-0.1, -0.05) is 0 Å². The maximum Gasteiger partial charge on any atom is 0.218 e. The first-order valence-corrected chi connectivity index (χ1v) is 11.8. The summed E-state index contributed by atoms with van der Waals surface area (Å²) < 4.78 is 38.2. The summed E-state index contributed by atoms with van der Waals surface area (Å²) in [7, 11) is 0. The van der Waals surface area contributed by atoms with Gasteiger partial charge in [0, 0.05) is 23.5 Å². The fraction of sp³-hybridized carbons (Fsp3) is 0.636. The SMILES string of the molecule is NC(=O)C[C@H]1CCc2sc3nccc(OC4CCC(N5C[C@@H](F)O[C@H](F)C5)CC4)c3c21. The Morgan fingerprint density at radius 2 is 1.97 bits per heavy atom.